The van der Waals surface area contributed by atoms with Gasteiger partial charge in [-0.05, 0) is 44.4 Å². The Hall–Kier alpha value is -1.48. The third-order valence-electron chi connectivity index (χ3n) is 3.94. The number of imidazole rings is 1. The molecule has 2 aromatic rings. The van der Waals surface area contributed by atoms with Gasteiger partial charge in [-0.15, -0.1) is 0 Å². The Kier molecular flexibility index (Phi) is 3.70. The fraction of sp³-hybridized carbons (Fsp3) is 0.438. The summed E-state index contributed by atoms with van der Waals surface area (Å²) >= 11 is 6.30. The minimum absolute atomic E-state index is 0.572. The van der Waals surface area contributed by atoms with Crippen LogP contribution in [-0.2, 0) is 0 Å². The maximum absolute atomic E-state index is 6.30. The first-order valence-corrected chi connectivity index (χ1v) is 7.60. The molecule has 3 nitrogen and oxygen atoms in total. The van der Waals surface area contributed by atoms with Crippen molar-refractivity contribution in [1.82, 2.24) is 9.55 Å². The van der Waals surface area contributed by atoms with Crippen molar-refractivity contribution in [2.45, 2.75) is 45.6 Å². The van der Waals surface area contributed by atoms with Gasteiger partial charge in [0.05, 0.1) is 16.4 Å². The van der Waals surface area contributed by atoms with Crippen LogP contribution in [0.5, 0.6) is 0 Å². The second-order valence-electron chi connectivity index (χ2n) is 5.66. The molecule has 0 aliphatic heterocycles. The van der Waals surface area contributed by atoms with E-state index < -0.39 is 0 Å². The summed E-state index contributed by atoms with van der Waals surface area (Å²) in [6.45, 7) is 4.08. The van der Waals surface area contributed by atoms with Crippen LogP contribution in [0.3, 0.4) is 0 Å². The van der Waals surface area contributed by atoms with Gasteiger partial charge in [0.25, 0.3) is 0 Å². The lowest BCUT2D eigenvalue weighted by Gasteiger charge is -2.16. The highest BCUT2D eigenvalue weighted by atomic mass is 35.5. The monoisotopic (exact) mass is 289 g/mol. The molecule has 20 heavy (non-hydrogen) atoms. The molecule has 0 radical (unpaired) electrons. The number of rotatable bonds is 3. The number of nitrogens with zero attached hydrogens (tertiary/aromatic N) is 2. The number of anilines is 2. The lowest BCUT2D eigenvalue weighted by Crippen LogP contribution is -2.08. The van der Waals surface area contributed by atoms with E-state index in [1.54, 1.807) is 0 Å². The highest BCUT2D eigenvalue weighted by molar-refractivity contribution is 6.33. The summed E-state index contributed by atoms with van der Waals surface area (Å²) in [6.07, 6.45) is 7.25. The van der Waals surface area contributed by atoms with Crippen LogP contribution in [0.15, 0.2) is 24.4 Å². The van der Waals surface area contributed by atoms with Gasteiger partial charge in [0.2, 0.25) is 5.95 Å². The molecule has 106 valence electrons. The van der Waals surface area contributed by atoms with Crippen molar-refractivity contribution in [3.05, 3.63) is 40.7 Å². The fourth-order valence-corrected chi connectivity index (χ4v) is 3.19. The van der Waals surface area contributed by atoms with Gasteiger partial charge in [0.15, 0.2) is 0 Å². The predicted octanol–water partition coefficient (Wildman–Crippen LogP) is 5.01. The van der Waals surface area contributed by atoms with Gasteiger partial charge in [0.1, 0.15) is 0 Å². The van der Waals surface area contributed by atoms with Crippen LogP contribution in [0.25, 0.3) is 0 Å². The molecule has 1 aliphatic rings. The van der Waals surface area contributed by atoms with E-state index in [2.05, 4.69) is 27.1 Å². The van der Waals surface area contributed by atoms with Gasteiger partial charge < -0.3 is 9.88 Å². The number of aryl methyl sites for hydroxylation is 2. The van der Waals surface area contributed by atoms with E-state index >= 15 is 0 Å². The number of benzene rings is 1. The average molecular weight is 290 g/mol. The van der Waals surface area contributed by atoms with E-state index in [1.165, 1.54) is 25.7 Å². The topological polar surface area (TPSA) is 29.9 Å². The lowest BCUT2D eigenvalue weighted by atomic mass is 10.2. The summed E-state index contributed by atoms with van der Waals surface area (Å²) in [7, 11) is 0. The summed E-state index contributed by atoms with van der Waals surface area (Å²) in [6, 6.07) is 6.62. The van der Waals surface area contributed by atoms with Gasteiger partial charge in [-0.3, -0.25) is 0 Å². The van der Waals surface area contributed by atoms with E-state index in [9.17, 15) is 0 Å². The molecule has 3 rings (SSSR count). The molecule has 0 atom stereocenters. The summed E-state index contributed by atoms with van der Waals surface area (Å²) in [5, 5.41) is 4.13. The van der Waals surface area contributed by atoms with Crippen LogP contribution >= 0.6 is 11.6 Å². The van der Waals surface area contributed by atoms with Crippen molar-refractivity contribution >= 4 is 23.2 Å². The number of nitrogens with one attached hydrogen (secondary N) is 1. The van der Waals surface area contributed by atoms with Crippen LogP contribution < -0.4 is 5.32 Å². The maximum Gasteiger partial charge on any atom is 0.207 e. The SMILES string of the molecule is Cc1ccc(Nc2nc(C)cn2C2CCCC2)c(Cl)c1. The second kappa shape index (κ2) is 5.49. The summed E-state index contributed by atoms with van der Waals surface area (Å²) in [5.74, 6) is 0.903. The Morgan fingerprint density at radius 1 is 1.25 bits per heavy atom. The van der Waals surface area contributed by atoms with Crippen LogP contribution in [0, 0.1) is 13.8 Å². The predicted molar refractivity (Wildman–Crippen MR) is 83.9 cm³/mol. The van der Waals surface area contributed by atoms with Crippen molar-refractivity contribution in [1.29, 1.82) is 0 Å². The van der Waals surface area contributed by atoms with E-state index in [-0.39, 0.29) is 0 Å². The zero-order valence-electron chi connectivity index (χ0n) is 12.0. The highest BCUT2D eigenvalue weighted by Gasteiger charge is 2.20. The van der Waals surface area contributed by atoms with Crippen molar-refractivity contribution in [3.63, 3.8) is 0 Å². The third kappa shape index (κ3) is 2.68. The molecule has 1 aliphatic carbocycles. The number of halogens is 1. The normalized spacial score (nSPS) is 15.8. The fourth-order valence-electron chi connectivity index (χ4n) is 2.91. The molecule has 0 spiro atoms. The molecule has 0 amide bonds. The number of hydrogen-bond acceptors (Lipinski definition) is 2. The average Bonchev–Trinajstić information content (AvgIpc) is 3.02. The molecule has 1 saturated carbocycles. The van der Waals surface area contributed by atoms with Crippen LogP contribution in [-0.4, -0.2) is 9.55 Å². The van der Waals surface area contributed by atoms with Gasteiger partial charge in [-0.25, -0.2) is 4.98 Å². The smallest absolute Gasteiger partial charge is 0.207 e. The molecule has 0 saturated heterocycles. The molecular weight excluding hydrogens is 270 g/mol. The molecule has 0 unspecified atom stereocenters. The Morgan fingerprint density at radius 3 is 2.70 bits per heavy atom. The highest BCUT2D eigenvalue weighted by Crippen LogP contribution is 2.34. The number of aromatic nitrogens is 2. The summed E-state index contributed by atoms with van der Waals surface area (Å²) < 4.78 is 2.28. The Balaban J connectivity index is 1.90. The van der Waals surface area contributed by atoms with Crippen LogP contribution in [0.2, 0.25) is 5.02 Å². The summed E-state index contributed by atoms with van der Waals surface area (Å²) in [4.78, 5) is 4.61. The van der Waals surface area contributed by atoms with E-state index in [0.29, 0.717) is 6.04 Å². The minimum Gasteiger partial charge on any atom is -0.324 e. The first-order chi connectivity index (χ1) is 9.63. The van der Waals surface area contributed by atoms with Crippen molar-refractivity contribution in [2.75, 3.05) is 5.32 Å². The largest absolute Gasteiger partial charge is 0.324 e. The van der Waals surface area contributed by atoms with Crippen molar-refractivity contribution < 1.29 is 0 Å². The zero-order chi connectivity index (χ0) is 14.1. The Bertz CT molecular complexity index is 612. The molecule has 1 aromatic carbocycles. The maximum atomic E-state index is 6.30. The van der Waals surface area contributed by atoms with E-state index in [1.807, 2.05) is 26.0 Å². The van der Waals surface area contributed by atoms with Crippen molar-refractivity contribution in [2.24, 2.45) is 0 Å². The van der Waals surface area contributed by atoms with Gasteiger partial charge in [0, 0.05) is 12.2 Å². The molecule has 1 fully saturated rings. The van der Waals surface area contributed by atoms with Gasteiger partial charge in [-0.2, -0.15) is 0 Å². The molecule has 4 heteroatoms. The van der Waals surface area contributed by atoms with Crippen LogP contribution in [0.1, 0.15) is 43.0 Å². The molecule has 0 bridgehead atoms. The standard InChI is InChI=1S/C16H20ClN3/c1-11-7-8-15(14(17)9-11)19-16-18-12(2)10-20(16)13-5-3-4-6-13/h7-10,13H,3-6H2,1-2H3,(H,18,19). The second-order valence-corrected chi connectivity index (χ2v) is 6.07. The zero-order valence-corrected chi connectivity index (χ0v) is 12.7. The number of hydrogen-bond donors (Lipinski definition) is 1. The molecular formula is C16H20ClN3. The minimum atomic E-state index is 0.572. The van der Waals surface area contributed by atoms with Gasteiger partial charge >= 0.3 is 0 Å². The first kappa shape index (κ1) is 13.5. The lowest BCUT2D eigenvalue weighted by molar-refractivity contribution is 0.524. The molecule has 1 heterocycles. The van der Waals surface area contributed by atoms with Gasteiger partial charge in [-0.1, -0.05) is 30.5 Å². The van der Waals surface area contributed by atoms with Crippen molar-refractivity contribution in [3.8, 4) is 0 Å². The first-order valence-electron chi connectivity index (χ1n) is 7.22. The van der Waals surface area contributed by atoms with Crippen LogP contribution in [0.4, 0.5) is 11.6 Å². The molecule has 1 N–H and O–H groups in total. The quantitative estimate of drug-likeness (QED) is 0.860. The summed E-state index contributed by atoms with van der Waals surface area (Å²) in [5.41, 5.74) is 3.13. The van der Waals surface area contributed by atoms with E-state index in [0.717, 1.165) is 27.9 Å². The Morgan fingerprint density at radius 2 is 2.00 bits per heavy atom. The Labute approximate surface area is 125 Å². The molecule has 1 aromatic heterocycles. The van der Waals surface area contributed by atoms with E-state index in [4.69, 9.17) is 11.6 Å². The third-order valence-corrected chi connectivity index (χ3v) is 4.25.